The smallest absolute Gasteiger partial charge is 0.119 e. The maximum atomic E-state index is 9.18. The Morgan fingerprint density at radius 2 is 1.94 bits per heavy atom. The van der Waals surface area contributed by atoms with Crippen molar-refractivity contribution in [2.75, 3.05) is 19.8 Å². The molecule has 0 saturated carbocycles. The maximum Gasteiger partial charge on any atom is 0.119 e. The van der Waals surface area contributed by atoms with Gasteiger partial charge in [0.25, 0.3) is 0 Å². The molecule has 0 fully saturated rings. The monoisotopic (exact) mass is 223 g/mol. The molecule has 3 nitrogen and oxygen atoms in total. The lowest BCUT2D eigenvalue weighted by atomic mass is 9.88. The fraction of sp³-hybridized carbons (Fsp3) is 0.538. The summed E-state index contributed by atoms with van der Waals surface area (Å²) in [6, 6.07) is 7.94. The first-order valence-corrected chi connectivity index (χ1v) is 5.60. The topological polar surface area (TPSA) is 55.5 Å². The zero-order chi connectivity index (χ0) is 12.0. The molecule has 1 aromatic rings. The van der Waals surface area contributed by atoms with E-state index in [1.54, 1.807) is 0 Å². The Morgan fingerprint density at radius 1 is 1.31 bits per heavy atom. The zero-order valence-electron chi connectivity index (χ0n) is 10.1. The molecular formula is C13H21NO2. The average molecular weight is 223 g/mol. The van der Waals surface area contributed by atoms with Gasteiger partial charge in [0.05, 0.1) is 6.61 Å². The lowest BCUT2D eigenvalue weighted by Crippen LogP contribution is -2.32. The molecule has 0 heterocycles. The van der Waals surface area contributed by atoms with Crippen LogP contribution in [0.2, 0.25) is 0 Å². The van der Waals surface area contributed by atoms with Crippen LogP contribution in [0.1, 0.15) is 18.9 Å². The van der Waals surface area contributed by atoms with Gasteiger partial charge in [0.15, 0.2) is 0 Å². The molecule has 1 rings (SSSR count). The van der Waals surface area contributed by atoms with Gasteiger partial charge in [0.1, 0.15) is 5.75 Å². The highest BCUT2D eigenvalue weighted by Crippen LogP contribution is 2.19. The predicted molar refractivity (Wildman–Crippen MR) is 65.5 cm³/mol. The van der Waals surface area contributed by atoms with Gasteiger partial charge in [-0.1, -0.05) is 24.6 Å². The lowest BCUT2D eigenvalue weighted by Gasteiger charge is -2.25. The summed E-state index contributed by atoms with van der Waals surface area (Å²) in [5, 5.41) is 9.18. The van der Waals surface area contributed by atoms with Crippen molar-refractivity contribution in [1.82, 2.24) is 0 Å². The van der Waals surface area contributed by atoms with Crippen molar-refractivity contribution in [3.63, 3.8) is 0 Å². The minimum absolute atomic E-state index is 0.0980. The van der Waals surface area contributed by atoms with Gasteiger partial charge >= 0.3 is 0 Å². The molecule has 0 aliphatic carbocycles. The third kappa shape index (κ3) is 3.83. The van der Waals surface area contributed by atoms with Gasteiger partial charge in [0, 0.05) is 18.6 Å². The second-order valence-electron chi connectivity index (χ2n) is 4.58. The minimum Gasteiger partial charge on any atom is -0.494 e. The second-order valence-corrected chi connectivity index (χ2v) is 4.58. The van der Waals surface area contributed by atoms with E-state index in [0.717, 1.165) is 12.2 Å². The van der Waals surface area contributed by atoms with E-state index in [1.807, 2.05) is 38.1 Å². The molecule has 0 saturated heterocycles. The summed E-state index contributed by atoms with van der Waals surface area (Å²) >= 11 is 0. The number of ether oxygens (including phenoxy) is 1. The Hall–Kier alpha value is -1.06. The fourth-order valence-electron chi connectivity index (χ4n) is 1.30. The molecule has 1 aromatic carbocycles. The Kier molecular flexibility index (Phi) is 4.77. The number of hydrogen-bond donors (Lipinski definition) is 2. The number of aliphatic hydroxyl groups is 1. The third-order valence-corrected chi connectivity index (χ3v) is 2.87. The molecule has 90 valence electrons. The molecular weight excluding hydrogens is 202 g/mol. The first kappa shape index (κ1) is 13.0. The van der Waals surface area contributed by atoms with E-state index in [1.165, 1.54) is 5.56 Å². The number of aliphatic hydroxyl groups excluding tert-OH is 1. The van der Waals surface area contributed by atoms with E-state index in [2.05, 4.69) is 0 Å². The normalized spacial score (nSPS) is 14.5. The molecule has 1 atom stereocenters. The van der Waals surface area contributed by atoms with Crippen LogP contribution in [0.4, 0.5) is 0 Å². The zero-order valence-corrected chi connectivity index (χ0v) is 10.1. The van der Waals surface area contributed by atoms with Gasteiger partial charge in [-0.25, -0.2) is 0 Å². The van der Waals surface area contributed by atoms with Crippen LogP contribution >= 0.6 is 0 Å². The summed E-state index contributed by atoms with van der Waals surface area (Å²) in [4.78, 5) is 0. The molecule has 0 aromatic heterocycles. The Labute approximate surface area is 97.2 Å². The van der Waals surface area contributed by atoms with Crippen molar-refractivity contribution in [2.45, 2.75) is 20.3 Å². The highest BCUT2D eigenvalue weighted by Gasteiger charge is 2.21. The van der Waals surface area contributed by atoms with Crippen molar-refractivity contribution >= 4 is 0 Å². The van der Waals surface area contributed by atoms with E-state index in [-0.39, 0.29) is 12.0 Å². The van der Waals surface area contributed by atoms with E-state index < -0.39 is 0 Å². The van der Waals surface area contributed by atoms with Crippen LogP contribution in [0, 0.1) is 12.3 Å². The van der Waals surface area contributed by atoms with Gasteiger partial charge in [-0.05, 0) is 25.5 Å². The summed E-state index contributed by atoms with van der Waals surface area (Å²) in [5.41, 5.74) is 6.59. The molecule has 3 N–H and O–H groups in total. The Bertz CT molecular complexity index is 304. The summed E-state index contributed by atoms with van der Waals surface area (Å²) in [6.45, 7) is 5.16. The van der Waals surface area contributed by atoms with Crippen LogP contribution in [-0.4, -0.2) is 24.9 Å². The number of aryl methyl sites for hydroxylation is 1. The molecule has 0 spiro atoms. The van der Waals surface area contributed by atoms with Gasteiger partial charge in [0.2, 0.25) is 0 Å². The lowest BCUT2D eigenvalue weighted by molar-refractivity contribution is 0.119. The molecule has 16 heavy (non-hydrogen) atoms. The highest BCUT2D eigenvalue weighted by molar-refractivity contribution is 5.26. The summed E-state index contributed by atoms with van der Waals surface area (Å²) in [6.07, 6.45) is 0.758. The van der Waals surface area contributed by atoms with E-state index in [0.29, 0.717) is 13.2 Å². The molecule has 0 aliphatic heterocycles. The summed E-state index contributed by atoms with van der Waals surface area (Å²) < 4.78 is 5.59. The molecule has 0 bridgehead atoms. The maximum absolute atomic E-state index is 9.18. The Morgan fingerprint density at radius 3 is 2.44 bits per heavy atom. The van der Waals surface area contributed by atoms with Gasteiger partial charge in [-0.15, -0.1) is 0 Å². The van der Waals surface area contributed by atoms with Crippen molar-refractivity contribution in [3.8, 4) is 5.75 Å². The van der Waals surface area contributed by atoms with Crippen LogP contribution in [-0.2, 0) is 0 Å². The third-order valence-electron chi connectivity index (χ3n) is 2.87. The van der Waals surface area contributed by atoms with Gasteiger partial charge in [-0.3, -0.25) is 0 Å². The predicted octanol–water partition coefficient (Wildman–Crippen LogP) is 1.72. The number of rotatable bonds is 6. The average Bonchev–Trinajstić information content (AvgIpc) is 2.31. The van der Waals surface area contributed by atoms with Crippen molar-refractivity contribution in [3.05, 3.63) is 29.8 Å². The molecule has 3 heteroatoms. The standard InChI is InChI=1S/C13H21NO2/c1-11-3-5-12(6-4-11)16-8-7-13(2,9-14)10-15/h3-6,15H,7-10,14H2,1-2H3. The van der Waals surface area contributed by atoms with Crippen molar-refractivity contribution < 1.29 is 9.84 Å². The van der Waals surface area contributed by atoms with Crippen molar-refractivity contribution in [1.29, 1.82) is 0 Å². The number of nitrogens with two attached hydrogens (primary N) is 1. The first-order chi connectivity index (χ1) is 7.59. The highest BCUT2D eigenvalue weighted by atomic mass is 16.5. The minimum atomic E-state index is -0.231. The number of hydrogen-bond acceptors (Lipinski definition) is 3. The van der Waals surface area contributed by atoms with Crippen LogP contribution in [0.3, 0.4) is 0 Å². The second kappa shape index (κ2) is 5.87. The Balaban J connectivity index is 2.38. The molecule has 0 amide bonds. The van der Waals surface area contributed by atoms with Crippen LogP contribution < -0.4 is 10.5 Å². The molecule has 0 radical (unpaired) electrons. The van der Waals surface area contributed by atoms with E-state index in [9.17, 15) is 5.11 Å². The number of benzene rings is 1. The largest absolute Gasteiger partial charge is 0.494 e. The fourth-order valence-corrected chi connectivity index (χ4v) is 1.30. The molecule has 0 aliphatic rings. The van der Waals surface area contributed by atoms with Crippen LogP contribution in [0.25, 0.3) is 0 Å². The van der Waals surface area contributed by atoms with Gasteiger partial charge in [-0.2, -0.15) is 0 Å². The quantitative estimate of drug-likeness (QED) is 0.772. The first-order valence-electron chi connectivity index (χ1n) is 5.60. The van der Waals surface area contributed by atoms with Crippen molar-refractivity contribution in [2.24, 2.45) is 11.1 Å². The summed E-state index contributed by atoms with van der Waals surface area (Å²) in [7, 11) is 0. The van der Waals surface area contributed by atoms with E-state index in [4.69, 9.17) is 10.5 Å². The summed E-state index contributed by atoms with van der Waals surface area (Å²) in [5.74, 6) is 0.864. The van der Waals surface area contributed by atoms with Gasteiger partial charge < -0.3 is 15.6 Å². The van der Waals surface area contributed by atoms with Crippen LogP contribution in [0.5, 0.6) is 5.75 Å². The molecule has 1 unspecified atom stereocenters. The van der Waals surface area contributed by atoms with E-state index >= 15 is 0 Å². The SMILES string of the molecule is Cc1ccc(OCCC(C)(CN)CO)cc1. The van der Waals surface area contributed by atoms with Crippen LogP contribution in [0.15, 0.2) is 24.3 Å².